The highest BCUT2D eigenvalue weighted by molar-refractivity contribution is 5.95. The number of halogens is 1. The maximum Gasteiger partial charge on any atom is 0.340 e. The Balaban J connectivity index is 2.05. The van der Waals surface area contributed by atoms with Crippen LogP contribution in [0.1, 0.15) is 23.2 Å². The molecular formula is C12H14FNO3. The summed E-state index contributed by atoms with van der Waals surface area (Å²) in [5, 5.41) is 0. The fourth-order valence-electron chi connectivity index (χ4n) is 1.71. The van der Waals surface area contributed by atoms with E-state index >= 15 is 0 Å². The average Bonchev–Trinajstić information content (AvgIpc) is 2.33. The second-order valence-electron chi connectivity index (χ2n) is 3.95. The number of hydrogen-bond acceptors (Lipinski definition) is 4. The Bertz CT molecular complexity index is 416. The van der Waals surface area contributed by atoms with Gasteiger partial charge in [0.2, 0.25) is 0 Å². The lowest BCUT2D eigenvalue weighted by Gasteiger charge is -2.22. The van der Waals surface area contributed by atoms with E-state index in [4.69, 9.17) is 15.2 Å². The number of benzene rings is 1. The summed E-state index contributed by atoms with van der Waals surface area (Å²) in [6.07, 6.45) is 1.17. The molecule has 1 aromatic rings. The van der Waals surface area contributed by atoms with E-state index < -0.39 is 11.8 Å². The van der Waals surface area contributed by atoms with Crippen LogP contribution in [0.2, 0.25) is 0 Å². The fraction of sp³-hybridized carbons (Fsp3) is 0.417. The molecule has 1 aromatic carbocycles. The summed E-state index contributed by atoms with van der Waals surface area (Å²) in [6.45, 7) is 1.16. The summed E-state index contributed by atoms with van der Waals surface area (Å²) in [5.74, 6) is -1.08. The zero-order valence-electron chi connectivity index (χ0n) is 9.32. The smallest absolute Gasteiger partial charge is 0.340 e. The molecule has 17 heavy (non-hydrogen) atoms. The van der Waals surface area contributed by atoms with Crippen LogP contribution >= 0.6 is 0 Å². The largest absolute Gasteiger partial charge is 0.459 e. The van der Waals surface area contributed by atoms with E-state index in [1.165, 1.54) is 12.1 Å². The minimum Gasteiger partial charge on any atom is -0.459 e. The normalized spacial score (nSPS) is 16.8. The standard InChI is InChI=1S/C12H14FNO3/c13-8-1-2-11(14)10(7-8)12(15)17-9-3-5-16-6-4-9/h1-2,7,9H,3-6,14H2. The fourth-order valence-corrected chi connectivity index (χ4v) is 1.71. The van der Waals surface area contributed by atoms with Crippen molar-refractivity contribution in [2.24, 2.45) is 0 Å². The van der Waals surface area contributed by atoms with Crippen LogP contribution in [0.15, 0.2) is 18.2 Å². The quantitative estimate of drug-likeness (QED) is 0.630. The minimum absolute atomic E-state index is 0.0801. The SMILES string of the molecule is Nc1ccc(F)cc1C(=O)OC1CCOCC1. The van der Waals surface area contributed by atoms with Crippen LogP contribution in [0.4, 0.5) is 10.1 Å². The van der Waals surface area contributed by atoms with Gasteiger partial charge in [-0.2, -0.15) is 0 Å². The number of nitrogen functional groups attached to an aromatic ring is 1. The van der Waals surface area contributed by atoms with Gasteiger partial charge in [-0.25, -0.2) is 9.18 Å². The van der Waals surface area contributed by atoms with Gasteiger partial charge >= 0.3 is 5.97 Å². The molecule has 0 bridgehead atoms. The number of hydrogen-bond donors (Lipinski definition) is 1. The van der Waals surface area contributed by atoms with E-state index in [2.05, 4.69) is 0 Å². The Morgan fingerprint density at radius 3 is 2.82 bits per heavy atom. The third kappa shape index (κ3) is 2.94. The number of esters is 1. The molecule has 5 heteroatoms. The molecule has 1 aliphatic rings. The first-order valence-electron chi connectivity index (χ1n) is 5.50. The summed E-state index contributed by atoms with van der Waals surface area (Å²) in [4.78, 5) is 11.8. The lowest BCUT2D eigenvalue weighted by atomic mass is 10.1. The van der Waals surface area contributed by atoms with Crippen molar-refractivity contribution < 1.29 is 18.7 Å². The van der Waals surface area contributed by atoms with Crippen LogP contribution in [-0.2, 0) is 9.47 Å². The highest BCUT2D eigenvalue weighted by Crippen LogP contribution is 2.18. The molecule has 2 N–H and O–H groups in total. The van der Waals surface area contributed by atoms with E-state index in [-0.39, 0.29) is 17.4 Å². The first kappa shape index (κ1) is 11.9. The van der Waals surface area contributed by atoms with Crippen molar-refractivity contribution in [1.82, 2.24) is 0 Å². The van der Waals surface area contributed by atoms with E-state index in [1.807, 2.05) is 0 Å². The Labute approximate surface area is 98.5 Å². The Morgan fingerprint density at radius 1 is 1.41 bits per heavy atom. The third-order valence-electron chi connectivity index (χ3n) is 2.68. The second-order valence-corrected chi connectivity index (χ2v) is 3.95. The van der Waals surface area contributed by atoms with Crippen molar-refractivity contribution in [2.75, 3.05) is 18.9 Å². The lowest BCUT2D eigenvalue weighted by Crippen LogP contribution is -2.26. The summed E-state index contributed by atoms with van der Waals surface area (Å²) in [7, 11) is 0. The summed E-state index contributed by atoms with van der Waals surface area (Å²) in [5.41, 5.74) is 5.91. The molecule has 0 atom stereocenters. The number of carbonyl (C=O) groups excluding carboxylic acids is 1. The molecule has 0 aromatic heterocycles. The van der Waals surface area contributed by atoms with Gasteiger partial charge in [0.25, 0.3) is 0 Å². The summed E-state index contributed by atoms with van der Waals surface area (Å²) < 4.78 is 23.4. The topological polar surface area (TPSA) is 61.6 Å². The number of nitrogens with two attached hydrogens (primary N) is 1. The van der Waals surface area contributed by atoms with Crippen LogP contribution in [0.25, 0.3) is 0 Å². The maximum atomic E-state index is 13.0. The molecule has 1 fully saturated rings. The average molecular weight is 239 g/mol. The number of anilines is 1. The Morgan fingerprint density at radius 2 is 2.12 bits per heavy atom. The van der Waals surface area contributed by atoms with Crippen LogP contribution in [0.3, 0.4) is 0 Å². The molecule has 1 heterocycles. The highest BCUT2D eigenvalue weighted by Gasteiger charge is 2.20. The van der Waals surface area contributed by atoms with E-state index in [9.17, 15) is 9.18 Å². The van der Waals surface area contributed by atoms with Crippen molar-refractivity contribution in [1.29, 1.82) is 0 Å². The number of rotatable bonds is 2. The van der Waals surface area contributed by atoms with Crippen LogP contribution in [0, 0.1) is 5.82 Å². The molecule has 0 unspecified atom stereocenters. The van der Waals surface area contributed by atoms with Gasteiger partial charge in [0.1, 0.15) is 11.9 Å². The molecule has 92 valence electrons. The molecular weight excluding hydrogens is 225 g/mol. The molecule has 0 aliphatic carbocycles. The molecule has 0 saturated carbocycles. The van der Waals surface area contributed by atoms with Gasteiger partial charge < -0.3 is 15.2 Å². The van der Waals surface area contributed by atoms with E-state index in [1.54, 1.807) is 0 Å². The maximum absolute atomic E-state index is 13.0. The number of ether oxygens (including phenoxy) is 2. The first-order chi connectivity index (χ1) is 8.16. The summed E-state index contributed by atoms with van der Waals surface area (Å²) in [6, 6.07) is 3.66. The molecule has 0 spiro atoms. The van der Waals surface area contributed by atoms with Crippen LogP contribution < -0.4 is 5.73 Å². The van der Waals surface area contributed by atoms with Crippen molar-refractivity contribution >= 4 is 11.7 Å². The molecule has 1 aliphatic heterocycles. The molecule has 2 rings (SSSR count). The van der Waals surface area contributed by atoms with Gasteiger partial charge in [0, 0.05) is 18.5 Å². The van der Waals surface area contributed by atoms with Gasteiger partial charge in [-0.1, -0.05) is 0 Å². The predicted molar refractivity (Wildman–Crippen MR) is 60.1 cm³/mol. The zero-order valence-corrected chi connectivity index (χ0v) is 9.32. The van der Waals surface area contributed by atoms with Gasteiger partial charge in [0.05, 0.1) is 18.8 Å². The molecule has 0 radical (unpaired) electrons. The lowest BCUT2D eigenvalue weighted by molar-refractivity contribution is -0.0158. The van der Waals surface area contributed by atoms with Crippen LogP contribution in [0.5, 0.6) is 0 Å². The second kappa shape index (κ2) is 5.14. The van der Waals surface area contributed by atoms with Gasteiger partial charge in [-0.05, 0) is 18.2 Å². The van der Waals surface area contributed by atoms with Gasteiger partial charge in [0.15, 0.2) is 0 Å². The van der Waals surface area contributed by atoms with Crippen molar-refractivity contribution in [3.63, 3.8) is 0 Å². The van der Waals surface area contributed by atoms with E-state index in [0.717, 1.165) is 6.07 Å². The Kier molecular flexibility index (Phi) is 3.58. The van der Waals surface area contributed by atoms with Crippen molar-refractivity contribution in [3.05, 3.63) is 29.6 Å². The molecule has 4 nitrogen and oxygen atoms in total. The molecule has 0 amide bonds. The van der Waals surface area contributed by atoms with Gasteiger partial charge in [-0.3, -0.25) is 0 Å². The summed E-state index contributed by atoms with van der Waals surface area (Å²) >= 11 is 0. The minimum atomic E-state index is -0.575. The highest BCUT2D eigenvalue weighted by atomic mass is 19.1. The van der Waals surface area contributed by atoms with Crippen molar-refractivity contribution in [3.8, 4) is 0 Å². The number of carbonyl (C=O) groups is 1. The van der Waals surface area contributed by atoms with Crippen molar-refractivity contribution in [2.45, 2.75) is 18.9 Å². The monoisotopic (exact) mass is 239 g/mol. The van der Waals surface area contributed by atoms with Crippen LogP contribution in [-0.4, -0.2) is 25.3 Å². The molecule has 1 saturated heterocycles. The first-order valence-corrected chi connectivity index (χ1v) is 5.50. The van der Waals surface area contributed by atoms with E-state index in [0.29, 0.717) is 26.1 Å². The Hall–Kier alpha value is -1.62. The predicted octanol–water partition coefficient (Wildman–Crippen LogP) is 1.74. The third-order valence-corrected chi connectivity index (χ3v) is 2.68. The van der Waals surface area contributed by atoms with Gasteiger partial charge in [-0.15, -0.1) is 0 Å². The zero-order chi connectivity index (χ0) is 12.3.